The molecule has 0 spiro atoms. The van der Waals surface area contributed by atoms with Crippen LogP contribution < -0.4 is 118 Å². The largest absolute Gasteiger partial charge is 1.00 e. The first-order valence-electron chi connectivity index (χ1n) is 0.667. The Balaban J connectivity index is -0.00000000571. The minimum absolute atomic E-state index is 0. The average Bonchev–Trinajstić information content (AvgIpc) is 1.39. The number of rotatable bonds is 0. The van der Waals surface area contributed by atoms with E-state index in [2.05, 4.69) is 46.6 Å². The maximum absolute atomic E-state index is 4.12. The molecule has 0 aliphatic carbocycles. The first kappa shape index (κ1) is 36.0. The Labute approximate surface area is 180 Å². The maximum Gasteiger partial charge on any atom is 1.00 e. The van der Waals surface area contributed by atoms with Crippen molar-refractivity contribution in [3.05, 3.63) is 0 Å². The van der Waals surface area contributed by atoms with Crippen LogP contribution in [0.3, 0.4) is 0 Å². The van der Waals surface area contributed by atoms with Crippen molar-refractivity contribution < 1.29 is 118 Å². The summed E-state index contributed by atoms with van der Waals surface area (Å²) in [5, 5.41) is 0. The smallest absolute Gasteiger partial charge is 0.747 e. The van der Waals surface area contributed by atoms with Crippen molar-refractivity contribution in [2.24, 2.45) is 0 Å². The van der Waals surface area contributed by atoms with Crippen molar-refractivity contribution in [1.82, 2.24) is 0 Å². The SMILES string of the molecule is [Na+].[Na+].[Na+].[Na+].[S-]S[S-].[S-]S[S-]. The van der Waals surface area contributed by atoms with E-state index in [1.165, 1.54) is 0 Å². The molecular weight excluding hydrogens is 284 g/mol. The third kappa shape index (κ3) is 65.0. The number of hydrogen-bond donors (Lipinski definition) is 0. The molecule has 0 N–H and O–H groups in total. The Morgan fingerprint density at radius 2 is 0.500 bits per heavy atom. The van der Waals surface area contributed by atoms with Gasteiger partial charge in [0.1, 0.15) is 0 Å². The fourth-order valence-electron chi connectivity index (χ4n) is 0. The second kappa shape index (κ2) is 45.8. The maximum atomic E-state index is 4.12. The summed E-state index contributed by atoms with van der Waals surface area (Å²) in [7, 11) is 1.83. The van der Waals surface area contributed by atoms with Crippen LogP contribution in [0.2, 0.25) is 0 Å². The Morgan fingerprint density at radius 3 is 0.500 bits per heavy atom. The molecule has 0 atom stereocenters. The second-order valence-corrected chi connectivity index (χ2v) is 3.67. The monoisotopic (exact) mass is 284 g/mol. The van der Waals surface area contributed by atoms with E-state index >= 15 is 0 Å². The summed E-state index contributed by atoms with van der Waals surface area (Å²) in [5.41, 5.74) is 0. The van der Waals surface area contributed by atoms with Gasteiger partial charge >= 0.3 is 118 Å². The quantitative estimate of drug-likeness (QED) is 0.244. The van der Waals surface area contributed by atoms with Crippen LogP contribution >= 0.6 is 19.7 Å². The first-order valence-corrected chi connectivity index (χ1v) is 6.00. The van der Waals surface area contributed by atoms with Gasteiger partial charge in [0.05, 0.1) is 0 Å². The summed E-state index contributed by atoms with van der Waals surface area (Å²) in [6, 6.07) is 0. The van der Waals surface area contributed by atoms with E-state index in [-0.39, 0.29) is 118 Å². The Hall–Kier alpha value is 6.10. The molecule has 0 radical (unpaired) electrons. The zero-order chi connectivity index (χ0) is 5.41. The standard InChI is InChI=1S/4Na.2H2S3/c;;;;2*1-3-2/h;;;;2*1-2H/q4*+1;;/p-4. The Morgan fingerprint density at radius 1 is 0.500 bits per heavy atom. The van der Waals surface area contributed by atoms with Crippen LogP contribution in [-0.2, 0) is 46.6 Å². The van der Waals surface area contributed by atoms with Crippen molar-refractivity contribution in [1.29, 1.82) is 0 Å². The van der Waals surface area contributed by atoms with E-state index in [4.69, 9.17) is 0 Å². The van der Waals surface area contributed by atoms with Gasteiger partial charge in [-0.15, -0.1) is 0 Å². The summed E-state index contributed by atoms with van der Waals surface area (Å²) in [4.78, 5) is 0. The van der Waals surface area contributed by atoms with E-state index in [1.54, 1.807) is 0 Å². The molecule has 40 valence electrons. The van der Waals surface area contributed by atoms with E-state index < -0.39 is 0 Å². The predicted octanol–water partition coefficient (Wildman–Crippen LogP) is -10.7. The van der Waals surface area contributed by atoms with Crippen LogP contribution in [-0.4, -0.2) is 0 Å². The molecule has 0 saturated heterocycles. The topological polar surface area (TPSA) is 0 Å². The first-order chi connectivity index (χ1) is 2.83. The van der Waals surface area contributed by atoms with E-state index in [0.717, 1.165) is 19.7 Å². The van der Waals surface area contributed by atoms with Crippen LogP contribution in [0.15, 0.2) is 0 Å². The molecule has 0 saturated carbocycles. The molecule has 10 heavy (non-hydrogen) atoms. The van der Waals surface area contributed by atoms with Crippen LogP contribution in [0, 0.1) is 0 Å². The summed E-state index contributed by atoms with van der Waals surface area (Å²) in [6.45, 7) is 0. The predicted molar refractivity (Wildman–Crippen MR) is 44.6 cm³/mol. The molecule has 0 fully saturated rings. The molecule has 0 unspecified atom stereocenters. The molecule has 0 rings (SSSR count). The van der Waals surface area contributed by atoms with E-state index in [9.17, 15) is 0 Å². The van der Waals surface area contributed by atoms with Crippen LogP contribution in [0.5, 0.6) is 0 Å². The van der Waals surface area contributed by atoms with E-state index in [0.29, 0.717) is 0 Å². The Bertz CT molecular complexity index is 11.7. The van der Waals surface area contributed by atoms with Crippen LogP contribution in [0.25, 0.3) is 0 Å². The minimum Gasteiger partial charge on any atom is -0.747 e. The van der Waals surface area contributed by atoms with E-state index in [1.807, 2.05) is 0 Å². The normalized spacial score (nSPS) is 3.60. The molecule has 0 nitrogen and oxygen atoms in total. The molecule has 0 amide bonds. The van der Waals surface area contributed by atoms with Gasteiger partial charge in [0.2, 0.25) is 0 Å². The fraction of sp³-hybridized carbons (Fsp3) is 0. The van der Waals surface area contributed by atoms with Crippen LogP contribution in [0.1, 0.15) is 0 Å². The van der Waals surface area contributed by atoms with Gasteiger partial charge in [0, 0.05) is 0 Å². The minimum atomic E-state index is 0. The molecule has 0 bridgehead atoms. The molecule has 0 aromatic heterocycles. The molecule has 10 heteroatoms. The zero-order valence-corrected chi connectivity index (χ0v) is 19.3. The molecule has 0 aromatic carbocycles. The second-order valence-electron chi connectivity index (χ2n) is 0.136. The molecular formula is Na4S6. The summed E-state index contributed by atoms with van der Waals surface area (Å²) in [5.74, 6) is 0. The van der Waals surface area contributed by atoms with Gasteiger partial charge in [-0.25, -0.2) is 0 Å². The van der Waals surface area contributed by atoms with Crippen molar-refractivity contribution in [3.8, 4) is 0 Å². The van der Waals surface area contributed by atoms with Crippen molar-refractivity contribution in [2.75, 3.05) is 0 Å². The van der Waals surface area contributed by atoms with Gasteiger partial charge in [-0.2, -0.15) is 0 Å². The molecule has 0 aliphatic heterocycles. The third-order valence-electron chi connectivity index (χ3n) is 0. The Kier molecular flexibility index (Phi) is 165. The molecule has 0 heterocycles. The van der Waals surface area contributed by atoms with Crippen molar-refractivity contribution >= 4 is 66.3 Å². The van der Waals surface area contributed by atoms with Gasteiger partial charge in [-0.05, 0) is 0 Å². The van der Waals surface area contributed by atoms with Crippen LogP contribution in [0.4, 0.5) is 0 Å². The zero-order valence-electron chi connectivity index (χ0n) is 6.45. The molecule has 0 aromatic rings. The average molecular weight is 284 g/mol. The fourth-order valence-corrected chi connectivity index (χ4v) is 0. The molecule has 0 aliphatic rings. The van der Waals surface area contributed by atoms with Gasteiger partial charge < -0.3 is 66.3 Å². The summed E-state index contributed by atoms with van der Waals surface area (Å²) in [6.07, 6.45) is 0. The van der Waals surface area contributed by atoms with Gasteiger partial charge in [-0.1, -0.05) is 0 Å². The van der Waals surface area contributed by atoms with Gasteiger partial charge in [-0.3, -0.25) is 0 Å². The third-order valence-corrected chi connectivity index (χ3v) is 0. The van der Waals surface area contributed by atoms with Gasteiger partial charge in [0.15, 0.2) is 0 Å². The summed E-state index contributed by atoms with van der Waals surface area (Å²) >= 11 is 16.5. The van der Waals surface area contributed by atoms with Crippen molar-refractivity contribution in [3.63, 3.8) is 0 Å². The van der Waals surface area contributed by atoms with Gasteiger partial charge in [0.25, 0.3) is 0 Å². The summed E-state index contributed by atoms with van der Waals surface area (Å²) < 4.78 is 0. The van der Waals surface area contributed by atoms with Crippen molar-refractivity contribution in [2.45, 2.75) is 0 Å². The number of hydrogen-bond acceptors (Lipinski definition) is 6.